The van der Waals surface area contributed by atoms with Crippen LogP contribution in [-0.4, -0.2) is 6.61 Å². The molecule has 0 fully saturated rings. The maximum absolute atomic E-state index is 13.4. The van der Waals surface area contributed by atoms with Gasteiger partial charge in [0.15, 0.2) is 11.6 Å². The van der Waals surface area contributed by atoms with Gasteiger partial charge in [0.25, 0.3) is 0 Å². The lowest BCUT2D eigenvalue weighted by atomic mass is 10.2. The SMILES string of the molecule is CCCCCCCOc1ccc(C#N)c(F)c1F. The van der Waals surface area contributed by atoms with Crippen molar-refractivity contribution >= 4 is 0 Å². The van der Waals surface area contributed by atoms with Gasteiger partial charge in [-0.3, -0.25) is 0 Å². The number of nitriles is 1. The van der Waals surface area contributed by atoms with Gasteiger partial charge in [0.1, 0.15) is 6.07 Å². The Hall–Kier alpha value is -1.63. The van der Waals surface area contributed by atoms with Crippen molar-refractivity contribution in [1.82, 2.24) is 0 Å². The topological polar surface area (TPSA) is 33.0 Å². The van der Waals surface area contributed by atoms with E-state index < -0.39 is 11.6 Å². The van der Waals surface area contributed by atoms with Gasteiger partial charge in [-0.1, -0.05) is 32.6 Å². The Morgan fingerprint density at radius 1 is 1.11 bits per heavy atom. The van der Waals surface area contributed by atoms with Crippen molar-refractivity contribution in [2.75, 3.05) is 6.61 Å². The average molecular weight is 253 g/mol. The third-order valence-corrected chi connectivity index (χ3v) is 2.67. The summed E-state index contributed by atoms with van der Waals surface area (Å²) in [6.07, 6.45) is 5.32. The van der Waals surface area contributed by atoms with Crippen LogP contribution in [-0.2, 0) is 0 Å². The van der Waals surface area contributed by atoms with Crippen molar-refractivity contribution < 1.29 is 13.5 Å². The van der Waals surface area contributed by atoms with Gasteiger partial charge < -0.3 is 4.74 Å². The monoisotopic (exact) mass is 253 g/mol. The molecule has 0 aromatic heterocycles. The Balaban J connectivity index is 2.44. The zero-order valence-electron chi connectivity index (χ0n) is 10.5. The summed E-state index contributed by atoms with van der Waals surface area (Å²) in [6, 6.07) is 4.10. The second-order valence-corrected chi connectivity index (χ2v) is 4.11. The summed E-state index contributed by atoms with van der Waals surface area (Å²) in [4.78, 5) is 0. The van der Waals surface area contributed by atoms with E-state index >= 15 is 0 Å². The number of halogens is 2. The van der Waals surface area contributed by atoms with Crippen molar-refractivity contribution in [1.29, 1.82) is 5.26 Å². The van der Waals surface area contributed by atoms with Crippen LogP contribution in [0.1, 0.15) is 44.6 Å². The number of ether oxygens (including phenoxy) is 1. The van der Waals surface area contributed by atoms with Crippen molar-refractivity contribution in [3.8, 4) is 11.8 Å². The van der Waals surface area contributed by atoms with Gasteiger partial charge in [-0.15, -0.1) is 0 Å². The Morgan fingerprint density at radius 3 is 2.50 bits per heavy atom. The van der Waals surface area contributed by atoms with E-state index in [-0.39, 0.29) is 11.3 Å². The van der Waals surface area contributed by atoms with Crippen LogP contribution >= 0.6 is 0 Å². The van der Waals surface area contributed by atoms with E-state index in [0.717, 1.165) is 25.7 Å². The highest BCUT2D eigenvalue weighted by Gasteiger charge is 2.13. The standard InChI is InChI=1S/C14H17F2NO/c1-2-3-4-5-6-9-18-12-8-7-11(10-17)13(15)14(12)16/h7-8H,2-6,9H2,1H3. The minimum Gasteiger partial charge on any atom is -0.490 e. The van der Waals surface area contributed by atoms with Crippen LogP contribution in [0.25, 0.3) is 0 Å². The number of rotatable bonds is 7. The van der Waals surface area contributed by atoms with Crippen molar-refractivity contribution in [3.63, 3.8) is 0 Å². The molecule has 0 saturated carbocycles. The quantitative estimate of drug-likeness (QED) is 0.683. The maximum Gasteiger partial charge on any atom is 0.201 e. The molecule has 0 N–H and O–H groups in total. The molecule has 0 spiro atoms. The highest BCUT2D eigenvalue weighted by Crippen LogP contribution is 2.22. The number of benzene rings is 1. The van der Waals surface area contributed by atoms with E-state index in [2.05, 4.69) is 6.92 Å². The molecular weight excluding hydrogens is 236 g/mol. The number of hydrogen-bond donors (Lipinski definition) is 0. The first-order chi connectivity index (χ1) is 8.70. The molecule has 98 valence electrons. The zero-order valence-corrected chi connectivity index (χ0v) is 10.5. The molecule has 0 aliphatic carbocycles. The molecular formula is C14H17F2NO. The van der Waals surface area contributed by atoms with Crippen LogP contribution in [0.2, 0.25) is 0 Å². The van der Waals surface area contributed by atoms with Gasteiger partial charge in [0, 0.05) is 0 Å². The van der Waals surface area contributed by atoms with E-state index in [0.29, 0.717) is 6.61 Å². The molecule has 18 heavy (non-hydrogen) atoms. The lowest BCUT2D eigenvalue weighted by Crippen LogP contribution is -2.01. The molecule has 0 unspecified atom stereocenters. The smallest absolute Gasteiger partial charge is 0.201 e. The van der Waals surface area contributed by atoms with E-state index in [1.165, 1.54) is 18.6 Å². The second-order valence-electron chi connectivity index (χ2n) is 4.11. The summed E-state index contributed by atoms with van der Waals surface area (Å²) in [5.74, 6) is -2.34. The average Bonchev–Trinajstić information content (AvgIpc) is 2.38. The van der Waals surface area contributed by atoms with E-state index in [1.54, 1.807) is 6.07 Å². The normalized spacial score (nSPS) is 10.1. The molecule has 0 aliphatic rings. The lowest BCUT2D eigenvalue weighted by molar-refractivity contribution is 0.285. The molecule has 1 aromatic rings. The van der Waals surface area contributed by atoms with Gasteiger partial charge in [-0.2, -0.15) is 9.65 Å². The first-order valence-electron chi connectivity index (χ1n) is 6.21. The van der Waals surface area contributed by atoms with Crippen LogP contribution in [0.5, 0.6) is 5.75 Å². The molecule has 0 aliphatic heterocycles. The Labute approximate surface area is 106 Å². The molecule has 0 heterocycles. The van der Waals surface area contributed by atoms with Gasteiger partial charge in [-0.05, 0) is 18.6 Å². The summed E-state index contributed by atoms with van der Waals surface area (Å²) in [7, 11) is 0. The first kappa shape index (κ1) is 14.4. The fourth-order valence-corrected chi connectivity index (χ4v) is 1.62. The molecule has 2 nitrogen and oxygen atoms in total. The first-order valence-corrected chi connectivity index (χ1v) is 6.21. The van der Waals surface area contributed by atoms with Crippen molar-refractivity contribution in [3.05, 3.63) is 29.3 Å². The summed E-state index contributed by atoms with van der Waals surface area (Å²) < 4.78 is 31.9. The van der Waals surface area contributed by atoms with Gasteiger partial charge in [0.05, 0.1) is 12.2 Å². The second kappa shape index (κ2) is 7.65. The minimum absolute atomic E-state index is 0.123. The van der Waals surface area contributed by atoms with Crippen LogP contribution in [0, 0.1) is 23.0 Å². The molecule has 4 heteroatoms. The lowest BCUT2D eigenvalue weighted by Gasteiger charge is -2.08. The Kier molecular flexibility index (Phi) is 6.13. The van der Waals surface area contributed by atoms with E-state index in [9.17, 15) is 8.78 Å². The third-order valence-electron chi connectivity index (χ3n) is 2.67. The molecule has 0 amide bonds. The molecule has 0 saturated heterocycles. The van der Waals surface area contributed by atoms with Crippen molar-refractivity contribution in [2.24, 2.45) is 0 Å². The van der Waals surface area contributed by atoms with Crippen LogP contribution < -0.4 is 4.74 Å². The largest absolute Gasteiger partial charge is 0.490 e. The zero-order chi connectivity index (χ0) is 13.4. The van der Waals surface area contributed by atoms with Crippen LogP contribution in [0.3, 0.4) is 0 Å². The molecule has 0 atom stereocenters. The van der Waals surface area contributed by atoms with Gasteiger partial charge >= 0.3 is 0 Å². The van der Waals surface area contributed by atoms with Gasteiger partial charge in [-0.25, -0.2) is 4.39 Å². The van der Waals surface area contributed by atoms with Crippen LogP contribution in [0.15, 0.2) is 12.1 Å². The summed E-state index contributed by atoms with van der Waals surface area (Å²) in [5.41, 5.74) is -0.303. The number of unbranched alkanes of at least 4 members (excludes halogenated alkanes) is 4. The van der Waals surface area contributed by atoms with E-state index in [1.807, 2.05) is 0 Å². The molecule has 0 radical (unpaired) electrons. The Bertz CT molecular complexity index is 427. The van der Waals surface area contributed by atoms with E-state index in [4.69, 9.17) is 10.00 Å². The number of nitrogens with zero attached hydrogens (tertiary/aromatic N) is 1. The minimum atomic E-state index is -1.14. The summed E-state index contributed by atoms with van der Waals surface area (Å²) in [6.45, 7) is 2.50. The third kappa shape index (κ3) is 3.99. The van der Waals surface area contributed by atoms with Gasteiger partial charge in [0.2, 0.25) is 5.82 Å². The highest BCUT2D eigenvalue weighted by atomic mass is 19.2. The molecule has 0 bridgehead atoms. The molecule has 1 aromatic carbocycles. The van der Waals surface area contributed by atoms with Crippen LogP contribution in [0.4, 0.5) is 8.78 Å². The fourth-order valence-electron chi connectivity index (χ4n) is 1.62. The number of hydrogen-bond acceptors (Lipinski definition) is 2. The summed E-state index contributed by atoms with van der Waals surface area (Å²) in [5, 5.41) is 8.53. The summed E-state index contributed by atoms with van der Waals surface area (Å²) >= 11 is 0. The highest BCUT2D eigenvalue weighted by molar-refractivity contribution is 5.37. The fraction of sp³-hybridized carbons (Fsp3) is 0.500. The maximum atomic E-state index is 13.4. The van der Waals surface area contributed by atoms with Crippen molar-refractivity contribution in [2.45, 2.75) is 39.0 Å². The predicted octanol–water partition coefficient (Wildman–Crippen LogP) is 4.19. The predicted molar refractivity (Wildman–Crippen MR) is 65.3 cm³/mol. The Morgan fingerprint density at radius 2 is 1.83 bits per heavy atom. The molecule has 1 rings (SSSR count).